The lowest BCUT2D eigenvalue weighted by Gasteiger charge is -2.26. The zero-order valence-electron chi connectivity index (χ0n) is 8.53. The molecule has 1 aromatic heterocycles. The van der Waals surface area contributed by atoms with Gasteiger partial charge in [-0.05, 0) is 18.6 Å². The van der Waals surface area contributed by atoms with E-state index in [1.54, 1.807) is 4.90 Å². The molecule has 1 aliphatic rings. The van der Waals surface area contributed by atoms with Crippen molar-refractivity contribution in [2.45, 2.75) is 12.8 Å². The van der Waals surface area contributed by atoms with Crippen LogP contribution in [0.3, 0.4) is 0 Å². The van der Waals surface area contributed by atoms with E-state index in [1.165, 1.54) is 11.3 Å². The molecule has 86 valence electrons. The Morgan fingerprint density at radius 3 is 2.88 bits per heavy atom. The van der Waals surface area contributed by atoms with Crippen molar-refractivity contribution in [1.29, 1.82) is 0 Å². The van der Waals surface area contributed by atoms with Gasteiger partial charge in [0.05, 0.1) is 4.34 Å². The van der Waals surface area contributed by atoms with Gasteiger partial charge in [0.15, 0.2) is 0 Å². The summed E-state index contributed by atoms with van der Waals surface area (Å²) in [6.07, 6.45) is 1.16. The smallest absolute Gasteiger partial charge is 0.324 e. The Labute approximate surface area is 102 Å². The van der Waals surface area contributed by atoms with Crippen LogP contribution in [0.25, 0.3) is 0 Å². The Morgan fingerprint density at radius 1 is 1.44 bits per heavy atom. The first-order chi connectivity index (χ1) is 7.65. The van der Waals surface area contributed by atoms with Gasteiger partial charge in [-0.1, -0.05) is 11.6 Å². The quantitative estimate of drug-likeness (QED) is 0.900. The number of nitrogens with one attached hydrogen (secondary N) is 1. The number of urea groups is 1. The zero-order chi connectivity index (χ0) is 11.5. The highest BCUT2D eigenvalue weighted by Crippen LogP contribution is 2.22. The monoisotopic (exact) mass is 258 g/mol. The number of carbonyl (C=O) groups is 2. The summed E-state index contributed by atoms with van der Waals surface area (Å²) in [6, 6.07) is 3.51. The van der Waals surface area contributed by atoms with E-state index in [1.807, 2.05) is 12.1 Å². The Hall–Kier alpha value is -1.07. The number of rotatable bonds is 3. The Bertz CT molecular complexity index is 419. The van der Waals surface area contributed by atoms with Crippen LogP contribution in [0.1, 0.15) is 11.3 Å². The van der Waals surface area contributed by atoms with E-state index >= 15 is 0 Å². The minimum Gasteiger partial charge on any atom is -0.324 e. The average molecular weight is 259 g/mol. The second kappa shape index (κ2) is 4.84. The number of amides is 3. The number of hydrogen-bond acceptors (Lipinski definition) is 3. The van der Waals surface area contributed by atoms with Gasteiger partial charge in [-0.3, -0.25) is 10.1 Å². The van der Waals surface area contributed by atoms with E-state index in [-0.39, 0.29) is 11.9 Å². The first-order valence-electron chi connectivity index (χ1n) is 4.98. The van der Waals surface area contributed by atoms with Crippen LogP contribution in [0.2, 0.25) is 4.34 Å². The molecule has 0 spiro atoms. The molecule has 2 heterocycles. The molecular weight excluding hydrogens is 248 g/mol. The summed E-state index contributed by atoms with van der Waals surface area (Å²) >= 11 is 7.33. The molecule has 16 heavy (non-hydrogen) atoms. The summed E-state index contributed by atoms with van der Waals surface area (Å²) in [6.45, 7) is 1.12. The summed E-state index contributed by atoms with van der Waals surface area (Å²) in [5, 5.41) is 2.30. The fourth-order valence-corrected chi connectivity index (χ4v) is 2.62. The van der Waals surface area contributed by atoms with Crippen molar-refractivity contribution in [2.24, 2.45) is 0 Å². The van der Waals surface area contributed by atoms with E-state index in [2.05, 4.69) is 5.32 Å². The molecule has 3 amide bonds. The number of hydrogen-bond donors (Lipinski definition) is 1. The van der Waals surface area contributed by atoms with Crippen LogP contribution in [-0.4, -0.2) is 29.9 Å². The molecule has 0 aromatic carbocycles. The van der Waals surface area contributed by atoms with Crippen molar-refractivity contribution < 1.29 is 9.59 Å². The molecule has 1 aliphatic heterocycles. The van der Waals surface area contributed by atoms with Gasteiger partial charge in [0.1, 0.15) is 0 Å². The number of imide groups is 1. The van der Waals surface area contributed by atoms with Gasteiger partial charge >= 0.3 is 6.03 Å². The first-order valence-corrected chi connectivity index (χ1v) is 6.17. The van der Waals surface area contributed by atoms with E-state index in [9.17, 15) is 9.59 Å². The summed E-state index contributed by atoms with van der Waals surface area (Å²) < 4.78 is 0.758. The molecule has 0 unspecified atom stereocenters. The van der Waals surface area contributed by atoms with Crippen LogP contribution in [-0.2, 0) is 11.2 Å². The molecule has 0 bridgehead atoms. The van der Waals surface area contributed by atoms with Gasteiger partial charge in [-0.25, -0.2) is 4.79 Å². The van der Waals surface area contributed by atoms with Crippen LogP contribution in [0.5, 0.6) is 0 Å². The fraction of sp³-hybridized carbons (Fsp3) is 0.400. The van der Waals surface area contributed by atoms with Gasteiger partial charge in [0.25, 0.3) is 0 Å². The molecule has 1 fully saturated rings. The summed E-state index contributed by atoms with van der Waals surface area (Å²) in [4.78, 5) is 25.1. The maximum Gasteiger partial charge on any atom is 0.324 e. The first kappa shape index (κ1) is 11.4. The van der Waals surface area contributed by atoms with Gasteiger partial charge in [-0.15, -0.1) is 11.3 Å². The predicted molar refractivity (Wildman–Crippen MR) is 62.8 cm³/mol. The maximum absolute atomic E-state index is 11.4. The minimum absolute atomic E-state index is 0.194. The van der Waals surface area contributed by atoms with E-state index in [0.717, 1.165) is 15.6 Å². The maximum atomic E-state index is 11.4. The molecule has 0 aliphatic carbocycles. The normalized spacial score (nSPS) is 16.4. The highest BCUT2D eigenvalue weighted by Gasteiger charge is 2.22. The lowest BCUT2D eigenvalue weighted by molar-refractivity contribution is -0.121. The SMILES string of the molecule is O=C1CCN(CCc2ccc(Cl)s2)C(=O)N1. The average Bonchev–Trinajstić information content (AvgIpc) is 2.63. The molecule has 6 heteroatoms. The van der Waals surface area contributed by atoms with E-state index in [4.69, 9.17) is 11.6 Å². The number of halogens is 1. The molecular formula is C10H11ClN2O2S. The highest BCUT2D eigenvalue weighted by molar-refractivity contribution is 7.16. The van der Waals surface area contributed by atoms with Crippen LogP contribution >= 0.6 is 22.9 Å². The fourth-order valence-electron chi connectivity index (χ4n) is 1.54. The Morgan fingerprint density at radius 2 is 2.25 bits per heavy atom. The van der Waals surface area contributed by atoms with Crippen molar-refractivity contribution in [3.8, 4) is 0 Å². The zero-order valence-corrected chi connectivity index (χ0v) is 10.1. The Balaban J connectivity index is 1.86. The standard InChI is InChI=1S/C10H11ClN2O2S/c11-8-2-1-7(16-8)3-5-13-6-4-9(14)12-10(13)15/h1-2H,3-6H2,(H,12,14,15). The highest BCUT2D eigenvalue weighted by atomic mass is 35.5. The lowest BCUT2D eigenvalue weighted by atomic mass is 10.2. The van der Waals surface area contributed by atoms with Gasteiger partial charge in [0, 0.05) is 24.4 Å². The van der Waals surface area contributed by atoms with Crippen molar-refractivity contribution in [3.63, 3.8) is 0 Å². The van der Waals surface area contributed by atoms with Crippen molar-refractivity contribution in [2.75, 3.05) is 13.1 Å². The van der Waals surface area contributed by atoms with Gasteiger partial charge in [0.2, 0.25) is 5.91 Å². The molecule has 0 atom stereocenters. The van der Waals surface area contributed by atoms with Crippen LogP contribution < -0.4 is 5.32 Å². The van der Waals surface area contributed by atoms with Crippen LogP contribution in [0.15, 0.2) is 12.1 Å². The van der Waals surface area contributed by atoms with Gasteiger partial charge < -0.3 is 4.90 Å². The lowest BCUT2D eigenvalue weighted by Crippen LogP contribution is -2.49. The number of thiophene rings is 1. The third-order valence-electron chi connectivity index (χ3n) is 2.40. The molecule has 1 N–H and O–H groups in total. The largest absolute Gasteiger partial charge is 0.324 e. The predicted octanol–water partition coefficient (Wildman–Crippen LogP) is 1.89. The van der Waals surface area contributed by atoms with Crippen molar-refractivity contribution in [1.82, 2.24) is 10.2 Å². The third-order valence-corrected chi connectivity index (χ3v) is 3.69. The second-order valence-electron chi connectivity index (χ2n) is 3.55. The summed E-state index contributed by atoms with van der Waals surface area (Å²) in [5.74, 6) is -0.194. The second-order valence-corrected chi connectivity index (χ2v) is 5.35. The van der Waals surface area contributed by atoms with Gasteiger partial charge in [-0.2, -0.15) is 0 Å². The third kappa shape index (κ3) is 2.74. The minimum atomic E-state index is -0.293. The van der Waals surface area contributed by atoms with Crippen LogP contribution in [0, 0.1) is 0 Å². The van der Waals surface area contributed by atoms with E-state index < -0.39 is 0 Å². The summed E-state index contributed by atoms with van der Waals surface area (Å²) in [7, 11) is 0. The molecule has 0 radical (unpaired) electrons. The summed E-state index contributed by atoms with van der Waals surface area (Å²) in [5.41, 5.74) is 0. The van der Waals surface area contributed by atoms with E-state index in [0.29, 0.717) is 19.5 Å². The number of carbonyl (C=O) groups excluding carboxylic acids is 2. The molecule has 1 aromatic rings. The van der Waals surface area contributed by atoms with Crippen molar-refractivity contribution in [3.05, 3.63) is 21.3 Å². The van der Waals surface area contributed by atoms with Crippen molar-refractivity contribution >= 4 is 34.9 Å². The molecule has 2 rings (SSSR count). The van der Waals surface area contributed by atoms with Crippen LogP contribution in [0.4, 0.5) is 4.79 Å². The molecule has 1 saturated heterocycles. The number of nitrogens with zero attached hydrogens (tertiary/aromatic N) is 1. The topological polar surface area (TPSA) is 49.4 Å². The molecule has 4 nitrogen and oxygen atoms in total. The molecule has 0 saturated carbocycles. The Kier molecular flexibility index (Phi) is 3.46.